The average Bonchev–Trinajstić information content (AvgIpc) is 3.48. The molecule has 26 heavy (non-hydrogen) atoms. The van der Waals surface area contributed by atoms with Crippen LogP contribution in [0.1, 0.15) is 23.2 Å². The van der Waals surface area contributed by atoms with Crippen molar-refractivity contribution in [3.63, 3.8) is 0 Å². The molecule has 0 unspecified atom stereocenters. The first-order chi connectivity index (χ1) is 12.5. The van der Waals surface area contributed by atoms with E-state index in [-0.39, 0.29) is 17.7 Å². The van der Waals surface area contributed by atoms with Crippen LogP contribution in [0.2, 0.25) is 5.02 Å². The maximum absolute atomic E-state index is 12.6. The van der Waals surface area contributed by atoms with Gasteiger partial charge in [0, 0.05) is 29.2 Å². The van der Waals surface area contributed by atoms with E-state index in [2.05, 4.69) is 5.32 Å². The second kappa shape index (κ2) is 8.23. The van der Waals surface area contributed by atoms with Gasteiger partial charge < -0.3 is 15.0 Å². The van der Waals surface area contributed by atoms with Crippen molar-refractivity contribution in [1.82, 2.24) is 4.90 Å². The first kappa shape index (κ1) is 18.3. The van der Waals surface area contributed by atoms with Crippen molar-refractivity contribution in [1.29, 1.82) is 0 Å². The van der Waals surface area contributed by atoms with Crippen LogP contribution in [0.4, 0.5) is 5.69 Å². The van der Waals surface area contributed by atoms with Crippen molar-refractivity contribution >= 4 is 29.1 Å². The standard InChI is InChI=1S/C20H21ClN2O3/c1-23(11-12-26-18-9-7-16(21)8-10-18)20(25)15-3-2-4-17(13-15)22-19(24)14-5-6-14/h2-4,7-10,13-14H,5-6,11-12H2,1H3,(H,22,24). The Labute approximate surface area is 157 Å². The Morgan fingerprint density at radius 1 is 1.19 bits per heavy atom. The Kier molecular flexibility index (Phi) is 5.78. The van der Waals surface area contributed by atoms with Crippen molar-refractivity contribution in [2.45, 2.75) is 12.8 Å². The van der Waals surface area contributed by atoms with Gasteiger partial charge in [-0.15, -0.1) is 0 Å². The predicted octanol–water partition coefficient (Wildman–Crippen LogP) is 3.84. The number of ether oxygens (including phenoxy) is 1. The quantitative estimate of drug-likeness (QED) is 0.803. The zero-order chi connectivity index (χ0) is 18.5. The molecule has 0 aliphatic heterocycles. The summed E-state index contributed by atoms with van der Waals surface area (Å²) in [5.74, 6) is 0.744. The molecule has 0 radical (unpaired) electrons. The van der Waals surface area contributed by atoms with Crippen LogP contribution in [0.15, 0.2) is 48.5 Å². The van der Waals surface area contributed by atoms with Gasteiger partial charge >= 0.3 is 0 Å². The third-order valence-corrected chi connectivity index (χ3v) is 4.43. The largest absolute Gasteiger partial charge is 0.492 e. The van der Waals surface area contributed by atoms with Gasteiger partial charge in [-0.25, -0.2) is 0 Å². The van der Waals surface area contributed by atoms with E-state index in [1.165, 1.54) is 0 Å². The first-order valence-corrected chi connectivity index (χ1v) is 8.95. The monoisotopic (exact) mass is 372 g/mol. The fourth-order valence-electron chi connectivity index (χ4n) is 2.47. The zero-order valence-electron chi connectivity index (χ0n) is 14.6. The molecule has 0 spiro atoms. The average molecular weight is 373 g/mol. The van der Waals surface area contributed by atoms with Gasteiger partial charge in [0.1, 0.15) is 12.4 Å². The van der Waals surface area contributed by atoms with Gasteiger partial charge in [0.15, 0.2) is 0 Å². The van der Waals surface area contributed by atoms with Crippen LogP contribution < -0.4 is 10.1 Å². The molecule has 2 aromatic carbocycles. The van der Waals surface area contributed by atoms with E-state index in [4.69, 9.17) is 16.3 Å². The minimum Gasteiger partial charge on any atom is -0.492 e. The number of carbonyl (C=O) groups excluding carboxylic acids is 2. The van der Waals surface area contributed by atoms with E-state index in [0.29, 0.717) is 35.2 Å². The Hall–Kier alpha value is -2.53. The van der Waals surface area contributed by atoms with E-state index < -0.39 is 0 Å². The molecule has 2 amide bonds. The highest BCUT2D eigenvalue weighted by Gasteiger charge is 2.29. The molecule has 2 aromatic rings. The maximum Gasteiger partial charge on any atom is 0.253 e. The summed E-state index contributed by atoms with van der Waals surface area (Å²) in [4.78, 5) is 26.0. The van der Waals surface area contributed by atoms with Crippen LogP contribution in [0.5, 0.6) is 5.75 Å². The molecule has 6 heteroatoms. The Bertz CT molecular complexity index is 788. The van der Waals surface area contributed by atoms with E-state index in [9.17, 15) is 9.59 Å². The van der Waals surface area contributed by atoms with Crippen LogP contribution in [-0.2, 0) is 4.79 Å². The van der Waals surface area contributed by atoms with Crippen LogP contribution in [0.3, 0.4) is 0 Å². The Morgan fingerprint density at radius 3 is 2.62 bits per heavy atom. The number of benzene rings is 2. The van der Waals surface area contributed by atoms with Crippen LogP contribution in [0, 0.1) is 5.92 Å². The molecule has 5 nitrogen and oxygen atoms in total. The number of halogens is 1. The molecule has 0 heterocycles. The molecule has 0 bridgehead atoms. The number of rotatable bonds is 7. The fourth-order valence-corrected chi connectivity index (χ4v) is 2.60. The first-order valence-electron chi connectivity index (χ1n) is 8.57. The minimum absolute atomic E-state index is 0.0271. The molecule has 0 saturated heterocycles. The van der Waals surface area contributed by atoms with Crippen molar-refractivity contribution in [3.8, 4) is 5.75 Å². The van der Waals surface area contributed by atoms with Gasteiger partial charge in [0.2, 0.25) is 5.91 Å². The highest BCUT2D eigenvalue weighted by Crippen LogP contribution is 2.30. The molecular weight excluding hydrogens is 352 g/mol. The van der Waals surface area contributed by atoms with Gasteiger partial charge in [-0.05, 0) is 55.3 Å². The number of likely N-dealkylation sites (N-methyl/N-ethyl adjacent to an activating group) is 1. The summed E-state index contributed by atoms with van der Waals surface area (Å²) in [6, 6.07) is 14.1. The molecule has 1 fully saturated rings. The van der Waals surface area contributed by atoms with Gasteiger partial charge in [-0.2, -0.15) is 0 Å². The zero-order valence-corrected chi connectivity index (χ0v) is 15.3. The number of anilines is 1. The lowest BCUT2D eigenvalue weighted by molar-refractivity contribution is -0.117. The SMILES string of the molecule is CN(CCOc1ccc(Cl)cc1)C(=O)c1cccc(NC(=O)C2CC2)c1. The fraction of sp³-hybridized carbons (Fsp3) is 0.300. The van der Waals surface area contributed by atoms with E-state index in [1.54, 1.807) is 60.5 Å². The van der Waals surface area contributed by atoms with E-state index >= 15 is 0 Å². The number of nitrogens with zero attached hydrogens (tertiary/aromatic N) is 1. The molecule has 0 atom stereocenters. The molecule has 1 aliphatic carbocycles. The highest BCUT2D eigenvalue weighted by atomic mass is 35.5. The second-order valence-corrected chi connectivity index (χ2v) is 6.81. The molecule has 0 aromatic heterocycles. The summed E-state index contributed by atoms with van der Waals surface area (Å²) in [7, 11) is 1.73. The summed E-state index contributed by atoms with van der Waals surface area (Å²) in [5.41, 5.74) is 1.19. The number of nitrogens with one attached hydrogen (secondary N) is 1. The van der Waals surface area contributed by atoms with Gasteiger partial charge in [-0.1, -0.05) is 17.7 Å². The summed E-state index contributed by atoms with van der Waals surface area (Å²) in [6.45, 7) is 0.822. The third-order valence-electron chi connectivity index (χ3n) is 4.18. The smallest absolute Gasteiger partial charge is 0.253 e. The van der Waals surface area contributed by atoms with E-state index in [0.717, 1.165) is 12.8 Å². The highest BCUT2D eigenvalue weighted by molar-refractivity contribution is 6.30. The maximum atomic E-state index is 12.6. The number of amides is 2. The van der Waals surface area contributed by atoms with Gasteiger partial charge in [0.25, 0.3) is 5.91 Å². The lowest BCUT2D eigenvalue weighted by Gasteiger charge is -2.18. The number of hydrogen-bond acceptors (Lipinski definition) is 3. The molecule has 1 saturated carbocycles. The molecular formula is C20H21ClN2O3. The molecule has 1 aliphatic rings. The number of carbonyl (C=O) groups is 2. The third kappa shape index (κ3) is 4.99. The lowest BCUT2D eigenvalue weighted by atomic mass is 10.1. The van der Waals surface area contributed by atoms with Crippen molar-refractivity contribution < 1.29 is 14.3 Å². The normalized spacial score (nSPS) is 13.2. The Morgan fingerprint density at radius 2 is 1.92 bits per heavy atom. The van der Waals surface area contributed by atoms with Crippen molar-refractivity contribution in [2.75, 3.05) is 25.5 Å². The molecule has 1 N–H and O–H groups in total. The number of hydrogen-bond donors (Lipinski definition) is 1. The second-order valence-electron chi connectivity index (χ2n) is 6.37. The van der Waals surface area contributed by atoms with Gasteiger partial charge in [0.05, 0.1) is 6.54 Å². The van der Waals surface area contributed by atoms with Crippen molar-refractivity contribution in [3.05, 3.63) is 59.1 Å². The minimum atomic E-state index is -0.118. The van der Waals surface area contributed by atoms with Crippen molar-refractivity contribution in [2.24, 2.45) is 5.92 Å². The summed E-state index contributed by atoms with van der Waals surface area (Å²) in [5, 5.41) is 3.51. The molecule has 136 valence electrons. The summed E-state index contributed by atoms with van der Waals surface area (Å²) < 4.78 is 5.62. The van der Waals surface area contributed by atoms with Gasteiger partial charge in [-0.3, -0.25) is 9.59 Å². The van der Waals surface area contributed by atoms with Crippen LogP contribution in [0.25, 0.3) is 0 Å². The topological polar surface area (TPSA) is 58.6 Å². The predicted molar refractivity (Wildman–Crippen MR) is 102 cm³/mol. The van der Waals surface area contributed by atoms with E-state index in [1.807, 2.05) is 0 Å². The molecule has 3 rings (SSSR count). The summed E-state index contributed by atoms with van der Waals surface area (Å²) in [6.07, 6.45) is 1.89. The van der Waals surface area contributed by atoms with Crippen LogP contribution >= 0.6 is 11.6 Å². The summed E-state index contributed by atoms with van der Waals surface area (Å²) >= 11 is 5.84. The lowest BCUT2D eigenvalue weighted by Crippen LogP contribution is -2.31. The Balaban J connectivity index is 1.52. The van der Waals surface area contributed by atoms with Crippen LogP contribution in [-0.4, -0.2) is 36.9 Å².